The predicted octanol–water partition coefficient (Wildman–Crippen LogP) is 0.755. The number of aliphatic hydroxyl groups excluding tert-OH is 1. The Kier molecular flexibility index (Phi) is 5.65. The zero-order valence-corrected chi connectivity index (χ0v) is 19.1. The van der Waals surface area contributed by atoms with Crippen LogP contribution >= 0.6 is 0 Å². The highest BCUT2D eigenvalue weighted by Gasteiger charge is 2.76. The number of ether oxygens (including phenoxy) is 2. The molecule has 0 saturated heterocycles. The number of nitrogens with zero attached hydrogens (tertiary/aromatic N) is 2. The normalized spacial score (nSPS) is 30.6. The van der Waals surface area contributed by atoms with Crippen molar-refractivity contribution in [3.63, 3.8) is 0 Å². The van der Waals surface area contributed by atoms with E-state index in [1.54, 1.807) is 56.1 Å². The van der Waals surface area contributed by atoms with Gasteiger partial charge in [0.05, 0.1) is 36.8 Å². The van der Waals surface area contributed by atoms with Gasteiger partial charge in [-0.3, -0.25) is 9.78 Å². The van der Waals surface area contributed by atoms with E-state index >= 15 is 0 Å². The van der Waals surface area contributed by atoms with Crippen molar-refractivity contribution < 1.29 is 34.7 Å². The first-order valence-corrected chi connectivity index (χ1v) is 10.8. The molecule has 178 valence electrons. The standard InChI is InChI=1S/C24H30N2O7/c1-22(2,30)13-26(3)12-15-19(27)24(31)18-16(32-4)10-25-11-17(18)33-20(24)23(15,21(28)29)14-8-6-5-7-9-14/h5-11,15,19-20,27,30-31H,12-13H2,1-4H3,(H,28,29)/t15-,19+,20+,23?,24-/m0/s1. The van der Waals surface area contributed by atoms with E-state index in [0.717, 1.165) is 0 Å². The maximum Gasteiger partial charge on any atom is 0.318 e. The lowest BCUT2D eigenvalue weighted by atomic mass is 9.69. The third-order valence-corrected chi connectivity index (χ3v) is 6.74. The smallest absolute Gasteiger partial charge is 0.318 e. The van der Waals surface area contributed by atoms with Crippen LogP contribution in [0.1, 0.15) is 25.0 Å². The van der Waals surface area contributed by atoms with E-state index in [9.17, 15) is 25.2 Å². The molecule has 4 N–H and O–H groups in total. The molecular weight excluding hydrogens is 428 g/mol. The number of aliphatic hydroxyl groups is 3. The number of hydrogen-bond acceptors (Lipinski definition) is 8. The molecule has 9 heteroatoms. The largest absolute Gasteiger partial charge is 0.495 e. The second kappa shape index (κ2) is 7.95. The quantitative estimate of drug-likeness (QED) is 0.474. The fourth-order valence-corrected chi connectivity index (χ4v) is 5.68. The predicted molar refractivity (Wildman–Crippen MR) is 118 cm³/mol. The summed E-state index contributed by atoms with van der Waals surface area (Å²) in [7, 11) is 3.14. The lowest BCUT2D eigenvalue weighted by molar-refractivity contribution is -0.152. The molecule has 1 saturated carbocycles. The lowest BCUT2D eigenvalue weighted by Crippen LogP contribution is -2.55. The van der Waals surface area contributed by atoms with Gasteiger partial charge in [-0.2, -0.15) is 0 Å². The van der Waals surface area contributed by atoms with Crippen LogP contribution in [0.2, 0.25) is 0 Å². The summed E-state index contributed by atoms with van der Waals surface area (Å²) in [5.41, 5.74) is -4.31. The molecule has 2 aromatic rings. The number of carbonyl (C=O) groups is 1. The first kappa shape index (κ1) is 23.4. The van der Waals surface area contributed by atoms with Crippen molar-refractivity contribution in [1.29, 1.82) is 0 Å². The van der Waals surface area contributed by atoms with Crippen LogP contribution in [0.5, 0.6) is 11.5 Å². The van der Waals surface area contributed by atoms with Crippen molar-refractivity contribution in [3.8, 4) is 11.5 Å². The van der Waals surface area contributed by atoms with Gasteiger partial charge in [0.25, 0.3) is 0 Å². The van der Waals surface area contributed by atoms with Crippen molar-refractivity contribution in [2.45, 2.75) is 42.7 Å². The van der Waals surface area contributed by atoms with E-state index in [1.165, 1.54) is 19.5 Å². The van der Waals surface area contributed by atoms with E-state index in [-0.39, 0.29) is 30.2 Å². The number of benzene rings is 1. The molecule has 0 spiro atoms. The van der Waals surface area contributed by atoms with Crippen LogP contribution in [-0.4, -0.2) is 81.3 Å². The average molecular weight is 459 g/mol. The fourth-order valence-electron chi connectivity index (χ4n) is 5.68. The molecule has 0 radical (unpaired) electrons. The second-order valence-corrected chi connectivity index (χ2v) is 9.64. The number of aliphatic carboxylic acids is 1. The van der Waals surface area contributed by atoms with Crippen LogP contribution in [0.4, 0.5) is 0 Å². The number of rotatable bonds is 7. The van der Waals surface area contributed by atoms with E-state index in [4.69, 9.17) is 9.47 Å². The Balaban J connectivity index is 1.93. The molecule has 1 aliphatic heterocycles. The second-order valence-electron chi connectivity index (χ2n) is 9.64. The Hall–Kier alpha value is -2.72. The Morgan fingerprint density at radius 2 is 1.94 bits per heavy atom. The van der Waals surface area contributed by atoms with Crippen LogP contribution in [-0.2, 0) is 15.8 Å². The molecule has 33 heavy (non-hydrogen) atoms. The van der Waals surface area contributed by atoms with E-state index in [1.807, 2.05) is 0 Å². The summed E-state index contributed by atoms with van der Waals surface area (Å²) in [6.45, 7) is 3.61. The molecule has 2 aliphatic rings. The van der Waals surface area contributed by atoms with Crippen LogP contribution in [0, 0.1) is 5.92 Å². The molecule has 1 aromatic heterocycles. The summed E-state index contributed by atoms with van der Waals surface area (Å²) in [5.74, 6) is -1.83. The Bertz CT molecular complexity index is 1040. The minimum Gasteiger partial charge on any atom is -0.495 e. The van der Waals surface area contributed by atoms with Gasteiger partial charge >= 0.3 is 5.97 Å². The van der Waals surface area contributed by atoms with Crippen molar-refractivity contribution in [2.24, 2.45) is 5.92 Å². The van der Waals surface area contributed by atoms with E-state index < -0.39 is 40.7 Å². The van der Waals surface area contributed by atoms with Gasteiger partial charge in [-0.25, -0.2) is 0 Å². The highest BCUT2D eigenvalue weighted by Crippen LogP contribution is 2.62. The number of aromatic nitrogens is 1. The Labute approximate surface area is 192 Å². The SMILES string of the molecule is COc1cncc2c1[C@]1(O)[C@H](O)[C@H](CN(C)CC(C)(C)O)C(C(=O)O)(c3ccccc3)[C@H]1O2. The first-order chi connectivity index (χ1) is 15.5. The van der Waals surface area contributed by atoms with Crippen LogP contribution in [0.15, 0.2) is 42.7 Å². The van der Waals surface area contributed by atoms with Gasteiger partial charge in [0.2, 0.25) is 0 Å². The maximum atomic E-state index is 13.1. The molecule has 0 amide bonds. The van der Waals surface area contributed by atoms with Crippen LogP contribution < -0.4 is 9.47 Å². The Morgan fingerprint density at radius 1 is 1.27 bits per heavy atom. The van der Waals surface area contributed by atoms with Crippen LogP contribution in [0.25, 0.3) is 0 Å². The van der Waals surface area contributed by atoms with Gasteiger partial charge in [-0.15, -0.1) is 0 Å². The molecule has 1 fully saturated rings. The van der Waals surface area contributed by atoms with Gasteiger partial charge in [0, 0.05) is 19.0 Å². The minimum atomic E-state index is -2.06. The van der Waals surface area contributed by atoms with E-state index in [0.29, 0.717) is 5.56 Å². The summed E-state index contributed by atoms with van der Waals surface area (Å²) < 4.78 is 11.5. The number of pyridine rings is 1. The third kappa shape index (κ3) is 3.38. The maximum absolute atomic E-state index is 13.1. The number of methoxy groups -OCH3 is 1. The fraction of sp³-hybridized carbons (Fsp3) is 0.500. The number of likely N-dealkylation sites (N-methyl/N-ethyl adjacent to an activating group) is 1. The summed E-state index contributed by atoms with van der Waals surface area (Å²) in [5, 5.41) is 44.6. The van der Waals surface area contributed by atoms with Gasteiger partial charge < -0.3 is 34.8 Å². The highest BCUT2D eigenvalue weighted by molar-refractivity contribution is 5.85. The molecular formula is C24H30N2O7. The van der Waals surface area contributed by atoms with Gasteiger partial charge in [0.1, 0.15) is 16.9 Å². The van der Waals surface area contributed by atoms with E-state index in [2.05, 4.69) is 4.98 Å². The van der Waals surface area contributed by atoms with Gasteiger partial charge in [0.15, 0.2) is 11.7 Å². The number of fused-ring (bicyclic) bond motifs is 3. The molecule has 2 heterocycles. The summed E-state index contributed by atoms with van der Waals surface area (Å²) in [6.07, 6.45) is -0.0730. The number of hydrogen-bond donors (Lipinski definition) is 4. The lowest BCUT2D eigenvalue weighted by Gasteiger charge is -2.38. The summed E-state index contributed by atoms with van der Waals surface area (Å²) in [6, 6.07) is 8.52. The van der Waals surface area contributed by atoms with Gasteiger partial charge in [-0.05, 0) is 26.5 Å². The summed E-state index contributed by atoms with van der Waals surface area (Å²) >= 11 is 0. The monoisotopic (exact) mass is 458 g/mol. The molecule has 5 atom stereocenters. The Morgan fingerprint density at radius 3 is 2.52 bits per heavy atom. The zero-order chi connectivity index (χ0) is 24.2. The minimum absolute atomic E-state index is 0.0806. The molecule has 9 nitrogen and oxygen atoms in total. The van der Waals surface area contributed by atoms with Crippen molar-refractivity contribution >= 4 is 5.97 Å². The van der Waals surface area contributed by atoms with Gasteiger partial charge in [-0.1, -0.05) is 30.3 Å². The summed E-state index contributed by atoms with van der Waals surface area (Å²) in [4.78, 5) is 18.9. The topological polar surface area (TPSA) is 133 Å². The van der Waals surface area contributed by atoms with Crippen molar-refractivity contribution in [3.05, 3.63) is 53.9 Å². The molecule has 1 aromatic carbocycles. The molecule has 1 unspecified atom stereocenters. The molecule has 4 rings (SSSR count). The average Bonchev–Trinajstić information content (AvgIpc) is 3.14. The molecule has 1 aliphatic carbocycles. The van der Waals surface area contributed by atoms with Crippen molar-refractivity contribution in [2.75, 3.05) is 27.2 Å². The number of carboxylic acid groups (broad SMARTS) is 1. The van der Waals surface area contributed by atoms with Crippen LogP contribution in [0.3, 0.4) is 0 Å². The van der Waals surface area contributed by atoms with Crippen molar-refractivity contribution in [1.82, 2.24) is 9.88 Å². The first-order valence-electron chi connectivity index (χ1n) is 10.8. The molecule has 0 bridgehead atoms. The number of carboxylic acids is 1. The third-order valence-electron chi connectivity index (χ3n) is 6.74. The highest BCUT2D eigenvalue weighted by atomic mass is 16.5. The zero-order valence-electron chi connectivity index (χ0n) is 19.1.